The summed E-state index contributed by atoms with van der Waals surface area (Å²) < 4.78 is 31.7. The summed E-state index contributed by atoms with van der Waals surface area (Å²) in [6, 6.07) is 1.74. The Morgan fingerprint density at radius 2 is 1.83 bits per heavy atom. The summed E-state index contributed by atoms with van der Waals surface area (Å²) in [6.45, 7) is 10.1. The third-order valence-electron chi connectivity index (χ3n) is 5.38. The average Bonchev–Trinajstić information content (AvgIpc) is 2.84. The Kier molecular flexibility index (Phi) is 9.88. The second kappa shape index (κ2) is 11.2. The lowest BCUT2D eigenvalue weighted by molar-refractivity contribution is -0.192. The molecule has 0 bridgehead atoms. The van der Waals surface area contributed by atoms with Gasteiger partial charge in [0.2, 0.25) is 5.91 Å². The largest absolute Gasteiger partial charge is 0.490 e. The van der Waals surface area contributed by atoms with Crippen LogP contribution in [0.3, 0.4) is 0 Å². The van der Waals surface area contributed by atoms with Gasteiger partial charge in [-0.05, 0) is 44.6 Å². The maximum Gasteiger partial charge on any atom is 0.490 e. The van der Waals surface area contributed by atoms with Crippen LogP contribution in [0.4, 0.5) is 13.2 Å². The molecular weight excluding hydrogens is 387 g/mol. The van der Waals surface area contributed by atoms with Gasteiger partial charge in [-0.15, -0.1) is 0 Å². The monoisotopic (exact) mass is 423 g/mol. The van der Waals surface area contributed by atoms with Crippen LogP contribution in [0.2, 0.25) is 0 Å². The van der Waals surface area contributed by atoms with Crippen LogP contribution in [0, 0.1) is 5.41 Å². The highest BCUT2D eigenvalue weighted by Gasteiger charge is 2.38. The molecule has 6 nitrogen and oxygen atoms in total. The van der Waals surface area contributed by atoms with Crippen molar-refractivity contribution in [2.45, 2.75) is 103 Å². The molecule has 0 radical (unpaired) electrons. The van der Waals surface area contributed by atoms with Crippen molar-refractivity contribution in [3.63, 3.8) is 0 Å². The van der Waals surface area contributed by atoms with Crippen LogP contribution in [0.5, 0.6) is 0 Å². The van der Waals surface area contributed by atoms with E-state index in [0.29, 0.717) is 24.5 Å². The van der Waals surface area contributed by atoms with Crippen molar-refractivity contribution in [1.29, 1.82) is 0 Å². The van der Waals surface area contributed by atoms with Crippen molar-refractivity contribution in [2.24, 2.45) is 5.41 Å². The van der Waals surface area contributed by atoms with Crippen molar-refractivity contribution in [3.05, 3.63) is 0 Å². The van der Waals surface area contributed by atoms with Crippen LogP contribution < -0.4 is 16.0 Å². The first-order chi connectivity index (χ1) is 13.3. The summed E-state index contributed by atoms with van der Waals surface area (Å²) in [7, 11) is 0. The number of nitrogens with one attached hydrogen (secondary N) is 3. The Bertz CT molecular complexity index is 527. The maximum atomic E-state index is 11.8. The van der Waals surface area contributed by atoms with E-state index >= 15 is 0 Å². The van der Waals surface area contributed by atoms with Crippen molar-refractivity contribution in [1.82, 2.24) is 16.0 Å². The fourth-order valence-corrected chi connectivity index (χ4v) is 3.96. The minimum atomic E-state index is -5.08. The summed E-state index contributed by atoms with van der Waals surface area (Å²) >= 11 is 0. The molecule has 2 unspecified atom stereocenters. The minimum absolute atomic E-state index is 0.0913. The molecule has 2 saturated heterocycles. The number of piperidine rings is 1. The van der Waals surface area contributed by atoms with Gasteiger partial charge in [0, 0.05) is 30.6 Å². The van der Waals surface area contributed by atoms with E-state index in [0.717, 1.165) is 6.42 Å². The average molecular weight is 424 g/mol. The van der Waals surface area contributed by atoms with Gasteiger partial charge in [-0.25, -0.2) is 4.79 Å². The normalized spacial score (nSPS) is 27.1. The number of halogens is 3. The van der Waals surface area contributed by atoms with Gasteiger partial charge >= 0.3 is 12.1 Å². The molecule has 0 spiro atoms. The zero-order valence-corrected chi connectivity index (χ0v) is 17.9. The van der Waals surface area contributed by atoms with Crippen LogP contribution in [0.1, 0.15) is 72.6 Å². The SMILES string of the molecule is CC(CC1CCCCCN1)N[C@@H]1CCC(=O)N[C@H]1C(C)(C)C.O=C(O)C(F)(F)F. The van der Waals surface area contributed by atoms with E-state index in [1.807, 2.05) is 0 Å². The third-order valence-corrected chi connectivity index (χ3v) is 5.38. The first-order valence-corrected chi connectivity index (χ1v) is 10.4. The highest BCUT2D eigenvalue weighted by molar-refractivity contribution is 5.77. The van der Waals surface area contributed by atoms with E-state index < -0.39 is 12.1 Å². The highest BCUT2D eigenvalue weighted by Crippen LogP contribution is 2.27. The predicted molar refractivity (Wildman–Crippen MR) is 106 cm³/mol. The van der Waals surface area contributed by atoms with Gasteiger partial charge in [0.05, 0.1) is 0 Å². The van der Waals surface area contributed by atoms with Crippen LogP contribution >= 0.6 is 0 Å². The Hall–Kier alpha value is -1.35. The van der Waals surface area contributed by atoms with E-state index in [4.69, 9.17) is 9.90 Å². The van der Waals surface area contributed by atoms with Crippen LogP contribution in [-0.2, 0) is 9.59 Å². The van der Waals surface area contributed by atoms with E-state index in [-0.39, 0.29) is 17.4 Å². The lowest BCUT2D eigenvalue weighted by Gasteiger charge is -2.42. The van der Waals surface area contributed by atoms with Crippen molar-refractivity contribution in [3.8, 4) is 0 Å². The topological polar surface area (TPSA) is 90.5 Å². The first kappa shape index (κ1) is 25.7. The molecule has 0 aliphatic carbocycles. The third kappa shape index (κ3) is 9.80. The Balaban J connectivity index is 0.000000516. The van der Waals surface area contributed by atoms with Crippen molar-refractivity contribution < 1.29 is 27.9 Å². The fraction of sp³-hybridized carbons (Fsp3) is 0.900. The number of carboxylic acid groups (broad SMARTS) is 1. The molecule has 1 amide bonds. The van der Waals surface area contributed by atoms with Crippen LogP contribution in [-0.4, -0.2) is 53.9 Å². The molecule has 2 heterocycles. The standard InChI is InChI=1S/C18H35N3O.C2HF3O2/c1-13(12-14-8-6-5-7-11-19-14)20-15-9-10-16(22)21-17(15)18(2,3)4;3-2(4,5)1(6)7/h13-15,17,19-20H,5-12H2,1-4H3,(H,21,22);(H,6,7)/t13?,14?,15-,17-;/m1./s1. The van der Waals surface area contributed by atoms with E-state index in [1.54, 1.807) is 0 Å². The Labute approximate surface area is 171 Å². The van der Waals surface area contributed by atoms with Gasteiger partial charge in [0.1, 0.15) is 0 Å². The molecular formula is C20H36F3N3O3. The quantitative estimate of drug-likeness (QED) is 0.558. The van der Waals surface area contributed by atoms with Gasteiger partial charge in [0.15, 0.2) is 0 Å². The molecule has 9 heteroatoms. The maximum absolute atomic E-state index is 11.8. The number of hydrogen-bond donors (Lipinski definition) is 4. The number of carbonyl (C=O) groups is 2. The molecule has 4 atom stereocenters. The molecule has 0 aromatic rings. The molecule has 0 saturated carbocycles. The fourth-order valence-electron chi connectivity index (χ4n) is 3.96. The molecule has 2 fully saturated rings. The number of rotatable bonds is 4. The number of carboxylic acids is 1. The summed E-state index contributed by atoms with van der Waals surface area (Å²) in [5.41, 5.74) is 0.0913. The molecule has 170 valence electrons. The summed E-state index contributed by atoms with van der Waals surface area (Å²) in [5.74, 6) is -2.55. The number of aliphatic carboxylic acids is 1. The predicted octanol–water partition coefficient (Wildman–Crippen LogP) is 3.21. The van der Waals surface area contributed by atoms with Gasteiger partial charge in [-0.1, -0.05) is 33.6 Å². The molecule has 2 aliphatic rings. The Morgan fingerprint density at radius 3 is 2.38 bits per heavy atom. The van der Waals surface area contributed by atoms with Gasteiger partial charge in [0.25, 0.3) is 0 Å². The lowest BCUT2D eigenvalue weighted by Crippen LogP contribution is -2.61. The summed E-state index contributed by atoms with van der Waals surface area (Å²) in [4.78, 5) is 20.7. The molecule has 2 aliphatic heterocycles. The van der Waals surface area contributed by atoms with E-state index in [1.165, 1.54) is 38.6 Å². The van der Waals surface area contributed by atoms with Gasteiger partial charge in [-0.2, -0.15) is 13.2 Å². The highest BCUT2D eigenvalue weighted by atomic mass is 19.4. The number of alkyl halides is 3. The van der Waals surface area contributed by atoms with Crippen molar-refractivity contribution >= 4 is 11.9 Å². The minimum Gasteiger partial charge on any atom is -0.475 e. The zero-order valence-electron chi connectivity index (χ0n) is 17.9. The zero-order chi connectivity index (χ0) is 22.2. The molecule has 29 heavy (non-hydrogen) atoms. The molecule has 2 rings (SSSR count). The smallest absolute Gasteiger partial charge is 0.475 e. The van der Waals surface area contributed by atoms with Crippen LogP contribution in [0.15, 0.2) is 0 Å². The van der Waals surface area contributed by atoms with Crippen molar-refractivity contribution in [2.75, 3.05) is 6.54 Å². The van der Waals surface area contributed by atoms with Gasteiger partial charge < -0.3 is 21.1 Å². The second-order valence-corrected chi connectivity index (χ2v) is 9.16. The summed E-state index contributed by atoms with van der Waals surface area (Å²) in [6.07, 6.45) is 3.05. The lowest BCUT2D eigenvalue weighted by atomic mass is 9.78. The van der Waals surface area contributed by atoms with Gasteiger partial charge in [-0.3, -0.25) is 4.79 Å². The second-order valence-electron chi connectivity index (χ2n) is 9.16. The van der Waals surface area contributed by atoms with E-state index in [2.05, 4.69) is 43.6 Å². The number of amides is 1. The first-order valence-electron chi connectivity index (χ1n) is 10.4. The molecule has 0 aromatic carbocycles. The van der Waals surface area contributed by atoms with Crippen LogP contribution in [0.25, 0.3) is 0 Å². The summed E-state index contributed by atoms with van der Waals surface area (Å²) in [5, 5.41) is 17.8. The van der Waals surface area contributed by atoms with E-state index in [9.17, 15) is 18.0 Å². The number of carbonyl (C=O) groups excluding carboxylic acids is 1. The number of hydrogen-bond acceptors (Lipinski definition) is 4. The molecule has 0 aromatic heterocycles. The Morgan fingerprint density at radius 1 is 1.21 bits per heavy atom. The molecule has 4 N–H and O–H groups in total.